The number of rotatable bonds is 6. The second-order valence-electron chi connectivity index (χ2n) is 9.47. The van der Waals surface area contributed by atoms with Gasteiger partial charge in [0.25, 0.3) is 0 Å². The molecule has 31 heavy (non-hydrogen) atoms. The molecule has 2 aromatic heterocycles. The molecule has 2 atom stereocenters. The van der Waals surface area contributed by atoms with Crippen molar-refractivity contribution in [3.05, 3.63) is 53.6 Å². The predicted molar refractivity (Wildman–Crippen MR) is 122 cm³/mol. The molecule has 1 aliphatic carbocycles. The lowest BCUT2D eigenvalue weighted by Gasteiger charge is -2.20. The number of hydrogen-bond donors (Lipinski definition) is 1. The molecule has 2 unspecified atom stereocenters. The molecule has 0 radical (unpaired) electrons. The summed E-state index contributed by atoms with van der Waals surface area (Å²) in [7, 11) is 0. The molecule has 162 valence electrons. The Hall–Kier alpha value is -2.40. The summed E-state index contributed by atoms with van der Waals surface area (Å²) in [5.74, 6) is -0.423. The maximum Gasteiger partial charge on any atom is 0.135 e. The summed E-state index contributed by atoms with van der Waals surface area (Å²) in [6, 6.07) is 8.55. The normalized spacial score (nSPS) is 16.3. The fourth-order valence-corrected chi connectivity index (χ4v) is 5.06. The number of nitrogens with zero attached hydrogens (tertiary/aromatic N) is 3. The quantitative estimate of drug-likeness (QED) is 0.534. The van der Waals surface area contributed by atoms with Gasteiger partial charge in [-0.2, -0.15) is 5.26 Å². The van der Waals surface area contributed by atoms with Gasteiger partial charge in [0, 0.05) is 59.6 Å². The van der Waals surface area contributed by atoms with Crippen molar-refractivity contribution in [2.45, 2.75) is 58.4 Å². The average Bonchev–Trinajstić information content (AvgIpc) is 3.50. The number of aromatic nitrogens is 2. The minimum absolute atomic E-state index is 0.00802. The maximum atomic E-state index is 15.3. The van der Waals surface area contributed by atoms with Crippen LogP contribution in [0.4, 0.5) is 4.39 Å². The van der Waals surface area contributed by atoms with Gasteiger partial charge in [-0.15, -0.1) is 4.72 Å². The van der Waals surface area contributed by atoms with E-state index in [4.69, 9.17) is 0 Å². The lowest BCUT2D eigenvalue weighted by molar-refractivity contribution is 0.349. The summed E-state index contributed by atoms with van der Waals surface area (Å²) in [6.07, 6.45) is 5.58. The Morgan fingerprint density at radius 1 is 1.39 bits per heavy atom. The van der Waals surface area contributed by atoms with Gasteiger partial charge in [0.15, 0.2) is 0 Å². The van der Waals surface area contributed by atoms with Crippen molar-refractivity contribution in [2.24, 2.45) is 5.41 Å². The molecule has 1 aromatic carbocycles. The zero-order valence-corrected chi connectivity index (χ0v) is 19.1. The summed E-state index contributed by atoms with van der Waals surface area (Å²) >= 11 is -1.09. The molecule has 1 fully saturated rings. The molecule has 0 aliphatic heterocycles. The van der Waals surface area contributed by atoms with Crippen LogP contribution in [0.5, 0.6) is 0 Å². The summed E-state index contributed by atoms with van der Waals surface area (Å²) in [4.78, 5) is 4.27. The number of fused-ring (bicyclic) bond motifs is 1. The van der Waals surface area contributed by atoms with Crippen molar-refractivity contribution >= 4 is 22.3 Å². The van der Waals surface area contributed by atoms with E-state index < -0.39 is 17.2 Å². The van der Waals surface area contributed by atoms with E-state index in [1.54, 1.807) is 24.4 Å². The highest BCUT2D eigenvalue weighted by Crippen LogP contribution is 2.36. The van der Waals surface area contributed by atoms with Crippen molar-refractivity contribution in [1.29, 1.82) is 5.26 Å². The summed E-state index contributed by atoms with van der Waals surface area (Å²) in [5, 5.41) is 10.5. The van der Waals surface area contributed by atoms with Crippen LogP contribution in [-0.2, 0) is 17.9 Å². The van der Waals surface area contributed by atoms with E-state index in [2.05, 4.69) is 41.1 Å². The highest BCUT2D eigenvalue weighted by Gasteiger charge is 2.36. The van der Waals surface area contributed by atoms with Crippen molar-refractivity contribution in [2.75, 3.05) is 0 Å². The molecule has 0 bridgehead atoms. The number of nitriles is 1. The topological polar surface area (TPSA) is 76.7 Å². The van der Waals surface area contributed by atoms with E-state index in [9.17, 15) is 9.81 Å². The Balaban J connectivity index is 1.84. The van der Waals surface area contributed by atoms with E-state index in [0.717, 1.165) is 35.9 Å². The smallest absolute Gasteiger partial charge is 0.135 e. The molecule has 0 amide bonds. The van der Waals surface area contributed by atoms with E-state index in [1.165, 1.54) is 6.07 Å². The maximum absolute atomic E-state index is 15.3. The Morgan fingerprint density at radius 2 is 2.13 bits per heavy atom. The molecule has 4 rings (SSSR count). The predicted octanol–water partition coefficient (Wildman–Crippen LogP) is 5.24. The third kappa shape index (κ3) is 4.62. The minimum Gasteiger partial charge on any atom is -0.598 e. The van der Waals surface area contributed by atoms with Crippen LogP contribution in [0.3, 0.4) is 0 Å². The SMILES string of the molecule is CC(N[S+]([O-])C1CC1)c1cn(CC(C)(C)C)c2cc(-c3ncccc3C#N)c(F)cc12. The van der Waals surface area contributed by atoms with Gasteiger partial charge < -0.3 is 9.12 Å². The number of nitrogens with one attached hydrogen (secondary N) is 1. The van der Waals surface area contributed by atoms with Crippen molar-refractivity contribution < 1.29 is 8.94 Å². The second kappa shape index (κ2) is 8.27. The molecule has 5 nitrogen and oxygen atoms in total. The van der Waals surface area contributed by atoms with Gasteiger partial charge in [0.1, 0.15) is 17.1 Å². The van der Waals surface area contributed by atoms with Gasteiger partial charge in [-0.05, 0) is 42.2 Å². The standard InChI is InChI=1S/C24H27FN4OS/c1-15(28-31(30)17-7-8-17)20-13-29(14-24(2,3)4)22-11-19(21(25)10-18(20)22)23-16(12-26)6-5-9-27-23/h5-6,9-11,13,15,17,28H,7-8,14H2,1-4H3. The first-order valence-corrected chi connectivity index (χ1v) is 11.7. The summed E-state index contributed by atoms with van der Waals surface area (Å²) in [5.41, 5.74) is 2.79. The Kier molecular flexibility index (Phi) is 5.82. The minimum atomic E-state index is -1.09. The molecule has 7 heteroatoms. The Labute approximate surface area is 185 Å². The zero-order valence-electron chi connectivity index (χ0n) is 18.3. The number of pyridine rings is 1. The van der Waals surface area contributed by atoms with Crippen LogP contribution in [0.25, 0.3) is 22.2 Å². The molecular weight excluding hydrogens is 411 g/mol. The van der Waals surface area contributed by atoms with Crippen LogP contribution in [0.1, 0.15) is 57.7 Å². The summed E-state index contributed by atoms with van der Waals surface area (Å²) < 4.78 is 33.0. The lowest BCUT2D eigenvalue weighted by atomic mass is 9.96. The largest absolute Gasteiger partial charge is 0.598 e. The van der Waals surface area contributed by atoms with E-state index in [-0.39, 0.29) is 16.7 Å². The molecule has 1 aliphatic rings. The highest BCUT2D eigenvalue weighted by atomic mass is 32.2. The zero-order chi connectivity index (χ0) is 22.3. The van der Waals surface area contributed by atoms with E-state index in [0.29, 0.717) is 16.8 Å². The fraction of sp³-hybridized carbons (Fsp3) is 0.417. The third-order valence-corrected chi connectivity index (χ3v) is 7.08. The molecule has 0 spiro atoms. The van der Waals surface area contributed by atoms with Gasteiger partial charge in [-0.3, -0.25) is 4.98 Å². The van der Waals surface area contributed by atoms with Crippen LogP contribution >= 0.6 is 0 Å². The van der Waals surface area contributed by atoms with Crippen molar-refractivity contribution in [3.63, 3.8) is 0 Å². The Bertz CT molecular complexity index is 1160. The molecule has 0 saturated heterocycles. The first-order valence-electron chi connectivity index (χ1n) is 10.5. The monoisotopic (exact) mass is 438 g/mol. The van der Waals surface area contributed by atoms with Crippen LogP contribution in [0.2, 0.25) is 0 Å². The second-order valence-corrected chi connectivity index (χ2v) is 11.0. The van der Waals surface area contributed by atoms with Gasteiger partial charge >= 0.3 is 0 Å². The van der Waals surface area contributed by atoms with Crippen LogP contribution in [0, 0.1) is 22.6 Å². The van der Waals surface area contributed by atoms with Gasteiger partial charge in [-0.1, -0.05) is 20.8 Å². The molecule has 2 heterocycles. The average molecular weight is 439 g/mol. The number of hydrogen-bond acceptors (Lipinski definition) is 4. The lowest BCUT2D eigenvalue weighted by Crippen LogP contribution is -2.29. The van der Waals surface area contributed by atoms with E-state index in [1.807, 2.05) is 13.1 Å². The highest BCUT2D eigenvalue weighted by molar-refractivity contribution is 7.90. The van der Waals surface area contributed by atoms with Gasteiger partial charge in [0.2, 0.25) is 0 Å². The van der Waals surface area contributed by atoms with E-state index >= 15 is 4.39 Å². The van der Waals surface area contributed by atoms with Crippen LogP contribution in [0.15, 0.2) is 36.7 Å². The van der Waals surface area contributed by atoms with Crippen molar-refractivity contribution in [1.82, 2.24) is 14.3 Å². The first-order chi connectivity index (χ1) is 14.7. The third-order valence-electron chi connectivity index (χ3n) is 5.42. The molecular formula is C24H27FN4OS. The number of benzene rings is 1. The first kappa shape index (κ1) is 21.8. The van der Waals surface area contributed by atoms with Crippen LogP contribution < -0.4 is 4.72 Å². The summed E-state index contributed by atoms with van der Waals surface area (Å²) in [6.45, 7) is 9.16. The molecule has 1 N–H and O–H groups in total. The molecule has 1 saturated carbocycles. The van der Waals surface area contributed by atoms with Crippen molar-refractivity contribution in [3.8, 4) is 17.3 Å². The van der Waals surface area contributed by atoms with Gasteiger partial charge in [0.05, 0.1) is 17.3 Å². The fourth-order valence-electron chi connectivity index (χ4n) is 3.83. The van der Waals surface area contributed by atoms with Crippen LogP contribution in [-0.4, -0.2) is 19.4 Å². The molecule has 3 aromatic rings. The number of halogens is 1. The van der Waals surface area contributed by atoms with Gasteiger partial charge in [-0.25, -0.2) is 4.39 Å². The Morgan fingerprint density at radius 3 is 2.77 bits per heavy atom.